The molecule has 0 radical (unpaired) electrons. The Labute approximate surface area is 188 Å². The fourth-order valence-corrected chi connectivity index (χ4v) is 3.36. The Balaban J connectivity index is 1.34. The molecule has 0 saturated carbocycles. The van der Waals surface area contributed by atoms with Crippen LogP contribution >= 0.6 is 0 Å². The minimum absolute atomic E-state index is 0.342. The number of fused-ring (bicyclic) bond motifs is 1. The van der Waals surface area contributed by atoms with Crippen LogP contribution in [0.4, 0.5) is 21.7 Å². The van der Waals surface area contributed by atoms with Crippen LogP contribution in [0.15, 0.2) is 91.6 Å². The van der Waals surface area contributed by atoms with Gasteiger partial charge in [0.2, 0.25) is 0 Å². The van der Waals surface area contributed by atoms with Gasteiger partial charge < -0.3 is 10.6 Å². The molecule has 33 heavy (non-hydrogen) atoms. The molecule has 0 saturated heterocycles. The molecule has 0 aliphatic heterocycles. The topological polar surface area (TPSA) is 92.7 Å². The second-order valence-corrected chi connectivity index (χ2v) is 7.22. The molecule has 0 aliphatic rings. The summed E-state index contributed by atoms with van der Waals surface area (Å²) < 4.78 is 14.1. The third-order valence-corrected chi connectivity index (χ3v) is 4.95. The molecule has 1 aromatic carbocycles. The third kappa shape index (κ3) is 4.49. The molecule has 160 valence electrons. The maximum Gasteiger partial charge on any atom is 0.255 e. The van der Waals surface area contributed by atoms with Gasteiger partial charge in [0.15, 0.2) is 0 Å². The summed E-state index contributed by atoms with van der Waals surface area (Å²) in [5.41, 5.74) is 2.63. The van der Waals surface area contributed by atoms with E-state index in [0.29, 0.717) is 34.0 Å². The van der Waals surface area contributed by atoms with Crippen molar-refractivity contribution in [3.05, 3.63) is 103 Å². The highest BCUT2D eigenvalue weighted by Gasteiger charge is 2.11. The van der Waals surface area contributed by atoms with E-state index < -0.39 is 0 Å². The van der Waals surface area contributed by atoms with Crippen LogP contribution in [0.1, 0.15) is 10.4 Å². The number of nitrogens with zero attached hydrogens (tertiary/aromatic N) is 4. The Morgan fingerprint density at radius 3 is 2.67 bits per heavy atom. The van der Waals surface area contributed by atoms with Gasteiger partial charge in [0.25, 0.3) is 5.91 Å². The molecule has 0 atom stereocenters. The minimum atomic E-state index is -0.355. The Hall–Kier alpha value is -4.72. The van der Waals surface area contributed by atoms with Gasteiger partial charge in [-0.3, -0.25) is 14.8 Å². The lowest BCUT2D eigenvalue weighted by Gasteiger charge is -2.09. The van der Waals surface area contributed by atoms with E-state index >= 15 is 0 Å². The minimum Gasteiger partial charge on any atom is -0.325 e. The van der Waals surface area contributed by atoms with Gasteiger partial charge in [-0.2, -0.15) is 0 Å². The number of nitrogens with one attached hydrogen (secondary N) is 2. The summed E-state index contributed by atoms with van der Waals surface area (Å²) in [7, 11) is 0. The molecule has 2 N–H and O–H groups in total. The maximum atomic E-state index is 14.1. The van der Waals surface area contributed by atoms with Gasteiger partial charge >= 0.3 is 0 Å². The number of rotatable bonds is 5. The van der Waals surface area contributed by atoms with Crippen LogP contribution < -0.4 is 10.6 Å². The fraction of sp³-hybridized carbons (Fsp3) is 0. The molecule has 0 fully saturated rings. The number of anilines is 3. The molecular weight excluding hydrogens is 419 g/mol. The van der Waals surface area contributed by atoms with Crippen LogP contribution in [0, 0.1) is 5.82 Å². The van der Waals surface area contributed by atoms with Crippen molar-refractivity contribution in [1.82, 2.24) is 19.9 Å². The van der Waals surface area contributed by atoms with Crippen molar-refractivity contribution < 1.29 is 9.18 Å². The molecule has 4 aromatic heterocycles. The summed E-state index contributed by atoms with van der Waals surface area (Å²) in [5, 5.41) is 6.84. The normalized spacial score (nSPS) is 10.7. The van der Waals surface area contributed by atoms with E-state index in [4.69, 9.17) is 0 Å². The lowest BCUT2D eigenvalue weighted by molar-refractivity contribution is 0.102. The zero-order chi connectivity index (χ0) is 22.6. The Bertz CT molecular complexity index is 1470. The average Bonchev–Trinajstić information content (AvgIpc) is 2.84. The molecule has 5 aromatic rings. The predicted octanol–water partition coefficient (Wildman–Crippen LogP) is 5.22. The monoisotopic (exact) mass is 436 g/mol. The highest BCUT2D eigenvalue weighted by molar-refractivity contribution is 6.04. The third-order valence-electron chi connectivity index (χ3n) is 4.95. The Kier molecular flexibility index (Phi) is 5.38. The lowest BCUT2D eigenvalue weighted by atomic mass is 10.1. The second kappa shape index (κ2) is 8.80. The van der Waals surface area contributed by atoms with E-state index in [1.807, 2.05) is 18.2 Å². The van der Waals surface area contributed by atoms with E-state index in [9.17, 15) is 9.18 Å². The van der Waals surface area contributed by atoms with E-state index in [0.717, 1.165) is 10.9 Å². The summed E-state index contributed by atoms with van der Waals surface area (Å²) in [4.78, 5) is 29.8. The van der Waals surface area contributed by atoms with Crippen LogP contribution in [0.2, 0.25) is 0 Å². The van der Waals surface area contributed by atoms with Gasteiger partial charge in [-0.25, -0.2) is 14.4 Å². The standard InChI is InChI=1S/C25H17FN6O/c26-21-4-2-1-3-20(21)18-11-19(15-28-14-18)30-25(33)16-7-10-29-24(12-16)32-23-6-5-17-13-27-9-8-22(17)31-23/h1-15H,(H,30,33)(H,29,31,32). The first kappa shape index (κ1) is 20.2. The van der Waals surface area contributed by atoms with Crippen molar-refractivity contribution in [3.63, 3.8) is 0 Å². The number of hydrogen-bond acceptors (Lipinski definition) is 6. The highest BCUT2D eigenvalue weighted by Crippen LogP contribution is 2.24. The molecule has 0 unspecified atom stereocenters. The van der Waals surface area contributed by atoms with Crippen molar-refractivity contribution in [2.24, 2.45) is 0 Å². The molecule has 7 nitrogen and oxygen atoms in total. The van der Waals surface area contributed by atoms with Crippen LogP contribution in [0.3, 0.4) is 0 Å². The number of benzene rings is 1. The van der Waals surface area contributed by atoms with Crippen molar-refractivity contribution in [2.75, 3.05) is 10.6 Å². The largest absolute Gasteiger partial charge is 0.325 e. The van der Waals surface area contributed by atoms with Gasteiger partial charge in [0, 0.05) is 46.9 Å². The van der Waals surface area contributed by atoms with Crippen LogP contribution in [0.5, 0.6) is 0 Å². The number of carbonyl (C=O) groups excluding carboxylic acids is 1. The lowest BCUT2D eigenvalue weighted by Crippen LogP contribution is -2.12. The Morgan fingerprint density at radius 1 is 0.848 bits per heavy atom. The first-order valence-electron chi connectivity index (χ1n) is 10.1. The van der Waals surface area contributed by atoms with Crippen molar-refractivity contribution in [2.45, 2.75) is 0 Å². The van der Waals surface area contributed by atoms with E-state index in [2.05, 4.69) is 30.6 Å². The summed E-state index contributed by atoms with van der Waals surface area (Å²) in [5.74, 6) is 0.374. The molecule has 0 spiro atoms. The number of halogens is 1. The number of pyridine rings is 4. The first-order chi connectivity index (χ1) is 16.2. The van der Waals surface area contributed by atoms with Crippen LogP contribution in [0.25, 0.3) is 22.0 Å². The van der Waals surface area contributed by atoms with Crippen molar-refractivity contribution in [3.8, 4) is 11.1 Å². The molecule has 0 bridgehead atoms. The van der Waals surface area contributed by atoms with Crippen molar-refractivity contribution >= 4 is 34.1 Å². The quantitative estimate of drug-likeness (QED) is 0.392. The van der Waals surface area contributed by atoms with E-state index in [1.165, 1.54) is 18.5 Å². The van der Waals surface area contributed by atoms with Gasteiger partial charge in [0.1, 0.15) is 17.5 Å². The molecule has 5 rings (SSSR count). The van der Waals surface area contributed by atoms with Crippen LogP contribution in [-0.4, -0.2) is 25.8 Å². The molecule has 8 heteroatoms. The van der Waals surface area contributed by atoms with E-state index in [1.54, 1.807) is 55.0 Å². The van der Waals surface area contributed by atoms with Gasteiger partial charge in [0.05, 0.1) is 17.4 Å². The first-order valence-corrected chi connectivity index (χ1v) is 10.1. The maximum absolute atomic E-state index is 14.1. The van der Waals surface area contributed by atoms with Gasteiger partial charge in [-0.1, -0.05) is 18.2 Å². The number of carbonyl (C=O) groups is 1. The van der Waals surface area contributed by atoms with Crippen LogP contribution in [-0.2, 0) is 0 Å². The number of hydrogen-bond donors (Lipinski definition) is 2. The molecule has 4 heterocycles. The summed E-state index contributed by atoms with van der Waals surface area (Å²) in [6, 6.07) is 16.9. The summed E-state index contributed by atoms with van der Waals surface area (Å²) in [6.45, 7) is 0. The highest BCUT2D eigenvalue weighted by atomic mass is 19.1. The second-order valence-electron chi connectivity index (χ2n) is 7.22. The zero-order valence-electron chi connectivity index (χ0n) is 17.2. The Morgan fingerprint density at radius 2 is 1.76 bits per heavy atom. The fourth-order valence-electron chi connectivity index (χ4n) is 3.36. The summed E-state index contributed by atoms with van der Waals surface area (Å²) in [6.07, 6.45) is 8.02. The zero-order valence-corrected chi connectivity index (χ0v) is 17.2. The van der Waals surface area contributed by atoms with Gasteiger partial charge in [-0.05, 0) is 42.5 Å². The van der Waals surface area contributed by atoms with Crippen molar-refractivity contribution in [1.29, 1.82) is 0 Å². The number of aromatic nitrogens is 4. The summed E-state index contributed by atoms with van der Waals surface area (Å²) >= 11 is 0. The number of amides is 1. The molecular formula is C25H17FN6O. The SMILES string of the molecule is O=C(Nc1cncc(-c2ccccc2F)c1)c1ccnc(Nc2ccc3cnccc3n2)c1. The predicted molar refractivity (Wildman–Crippen MR) is 125 cm³/mol. The van der Waals surface area contributed by atoms with E-state index in [-0.39, 0.29) is 11.7 Å². The average molecular weight is 436 g/mol. The molecule has 0 aliphatic carbocycles. The molecule has 1 amide bonds. The van der Waals surface area contributed by atoms with Gasteiger partial charge in [-0.15, -0.1) is 0 Å². The smallest absolute Gasteiger partial charge is 0.255 e.